The first kappa shape index (κ1) is 24.7. The Morgan fingerprint density at radius 1 is 1.23 bits per heavy atom. The van der Waals surface area contributed by atoms with Crippen LogP contribution >= 0.6 is 0 Å². The Morgan fingerprint density at radius 2 is 1.94 bits per heavy atom. The molecule has 0 spiro atoms. The van der Waals surface area contributed by atoms with E-state index in [1.54, 1.807) is 17.0 Å². The molecular formula is C24H30FN5O5. The average Bonchev–Trinajstić information content (AvgIpc) is 3.24. The van der Waals surface area contributed by atoms with E-state index >= 15 is 4.39 Å². The maximum absolute atomic E-state index is 15.1. The van der Waals surface area contributed by atoms with Gasteiger partial charge in [-0.2, -0.15) is 0 Å². The van der Waals surface area contributed by atoms with Crippen molar-refractivity contribution in [3.8, 4) is 0 Å². The van der Waals surface area contributed by atoms with Crippen molar-refractivity contribution in [2.24, 2.45) is 5.92 Å². The van der Waals surface area contributed by atoms with Crippen molar-refractivity contribution < 1.29 is 28.2 Å². The molecule has 3 saturated heterocycles. The van der Waals surface area contributed by atoms with E-state index < -0.39 is 24.1 Å². The standard InChI is InChI=1S/C24H30FN5O5/c1-16(31)27-14-19-15-30(24(33)35-19)18-3-4-21(20(25)13-18)28-7-5-17(6-8-28)22(26-2)23(32)29-9-11-34-12-10-29/h3-4,13,17,19,22H,5-12,14-15H2,1H3,(H,27,31)/t19-,22?/m0/s1. The van der Waals surface area contributed by atoms with Gasteiger partial charge in [0.2, 0.25) is 5.91 Å². The van der Waals surface area contributed by atoms with Crippen LogP contribution in [0.2, 0.25) is 0 Å². The molecule has 3 heterocycles. The highest BCUT2D eigenvalue weighted by atomic mass is 19.1. The second kappa shape index (κ2) is 10.9. The van der Waals surface area contributed by atoms with E-state index in [0.717, 1.165) is 0 Å². The number of hydrogen-bond acceptors (Lipinski definition) is 6. The molecule has 0 aromatic heterocycles. The van der Waals surface area contributed by atoms with Crippen LogP contribution in [0.15, 0.2) is 18.2 Å². The van der Waals surface area contributed by atoms with E-state index in [0.29, 0.717) is 63.6 Å². The lowest BCUT2D eigenvalue weighted by atomic mass is 9.88. The summed E-state index contributed by atoms with van der Waals surface area (Å²) < 4.78 is 25.6. The minimum atomic E-state index is -0.714. The van der Waals surface area contributed by atoms with Gasteiger partial charge in [0.05, 0.1) is 37.7 Å². The zero-order chi connectivity index (χ0) is 24.9. The summed E-state index contributed by atoms with van der Waals surface area (Å²) in [6.07, 6.45) is 0.161. The molecule has 4 rings (SSSR count). The first-order chi connectivity index (χ1) is 16.9. The van der Waals surface area contributed by atoms with Gasteiger partial charge in [0.15, 0.2) is 0 Å². The number of carbonyl (C=O) groups excluding carboxylic acids is 3. The molecule has 1 N–H and O–H groups in total. The number of morpholine rings is 1. The van der Waals surface area contributed by atoms with Gasteiger partial charge in [-0.3, -0.25) is 14.5 Å². The number of benzene rings is 1. The average molecular weight is 488 g/mol. The fraction of sp³-hybridized carbons (Fsp3) is 0.583. The Hall–Kier alpha value is -3.39. The summed E-state index contributed by atoms with van der Waals surface area (Å²) in [5.74, 6) is -0.870. The van der Waals surface area contributed by atoms with Gasteiger partial charge in [-0.25, -0.2) is 15.8 Å². The zero-order valence-electron chi connectivity index (χ0n) is 19.7. The molecule has 0 aliphatic carbocycles. The third-order valence-electron chi connectivity index (χ3n) is 6.74. The van der Waals surface area contributed by atoms with Crippen LogP contribution in [-0.4, -0.2) is 87.4 Å². The van der Waals surface area contributed by atoms with Crippen molar-refractivity contribution >= 4 is 29.3 Å². The molecule has 188 valence electrons. The van der Waals surface area contributed by atoms with Gasteiger partial charge in [-0.05, 0) is 31.0 Å². The van der Waals surface area contributed by atoms with Gasteiger partial charge in [0.25, 0.3) is 0 Å². The lowest BCUT2D eigenvalue weighted by Gasteiger charge is -2.35. The summed E-state index contributed by atoms with van der Waals surface area (Å²) in [6.45, 7) is 12.5. The molecule has 1 aromatic carbocycles. The van der Waals surface area contributed by atoms with Crippen molar-refractivity contribution in [2.75, 3.05) is 62.3 Å². The highest BCUT2D eigenvalue weighted by Gasteiger charge is 2.39. The van der Waals surface area contributed by atoms with Crippen LogP contribution < -0.4 is 15.1 Å². The zero-order valence-corrected chi connectivity index (χ0v) is 19.7. The van der Waals surface area contributed by atoms with Crippen LogP contribution in [0.3, 0.4) is 0 Å². The summed E-state index contributed by atoms with van der Waals surface area (Å²) in [4.78, 5) is 44.8. The molecular weight excluding hydrogens is 457 g/mol. The Kier molecular flexibility index (Phi) is 7.70. The lowest BCUT2D eigenvalue weighted by molar-refractivity contribution is -0.137. The molecule has 0 saturated carbocycles. The minimum absolute atomic E-state index is 0.0682. The van der Waals surface area contributed by atoms with Crippen LogP contribution in [0.4, 0.5) is 20.6 Å². The monoisotopic (exact) mass is 487 g/mol. The van der Waals surface area contributed by atoms with E-state index in [-0.39, 0.29) is 30.8 Å². The SMILES string of the molecule is [C-]#[N+]C(C(=O)N1CCOCC1)C1CCN(c2ccc(N3C[C@H](CNC(C)=O)OC3=O)cc2F)CC1. The van der Waals surface area contributed by atoms with Crippen LogP contribution in [-0.2, 0) is 19.1 Å². The van der Waals surface area contributed by atoms with Gasteiger partial charge in [-0.1, -0.05) is 0 Å². The number of nitrogens with one attached hydrogen (secondary N) is 1. The molecule has 1 unspecified atom stereocenters. The van der Waals surface area contributed by atoms with Gasteiger partial charge in [0.1, 0.15) is 11.9 Å². The third-order valence-corrected chi connectivity index (χ3v) is 6.74. The number of cyclic esters (lactones) is 1. The quantitative estimate of drug-likeness (QED) is 0.613. The molecule has 35 heavy (non-hydrogen) atoms. The number of amides is 3. The molecule has 0 bridgehead atoms. The molecule has 3 aliphatic rings. The number of piperidine rings is 1. The Labute approximate surface area is 203 Å². The normalized spacial score (nSPS) is 21.9. The van der Waals surface area contributed by atoms with Crippen LogP contribution in [0, 0.1) is 18.3 Å². The second-order valence-electron chi connectivity index (χ2n) is 9.03. The van der Waals surface area contributed by atoms with E-state index in [2.05, 4.69) is 10.2 Å². The molecule has 11 heteroatoms. The maximum atomic E-state index is 15.1. The number of carbonyl (C=O) groups is 3. The van der Waals surface area contributed by atoms with Crippen molar-refractivity contribution in [3.63, 3.8) is 0 Å². The number of halogens is 1. The highest BCUT2D eigenvalue weighted by molar-refractivity contribution is 5.90. The summed E-state index contributed by atoms with van der Waals surface area (Å²) in [6, 6.07) is 3.92. The van der Waals surface area contributed by atoms with E-state index in [4.69, 9.17) is 16.0 Å². The number of rotatable bonds is 6. The topological polar surface area (TPSA) is 95.8 Å². The van der Waals surface area contributed by atoms with Crippen LogP contribution in [0.25, 0.3) is 4.85 Å². The molecule has 3 aliphatic heterocycles. The smallest absolute Gasteiger partial charge is 0.414 e. The van der Waals surface area contributed by atoms with Gasteiger partial charge in [0, 0.05) is 39.0 Å². The summed E-state index contributed by atoms with van der Waals surface area (Å²) in [5.41, 5.74) is 0.814. The van der Waals surface area contributed by atoms with Gasteiger partial charge < -0.3 is 29.4 Å². The van der Waals surface area contributed by atoms with Crippen LogP contribution in [0.5, 0.6) is 0 Å². The highest BCUT2D eigenvalue weighted by Crippen LogP contribution is 2.32. The maximum Gasteiger partial charge on any atom is 0.414 e. The number of ether oxygens (including phenoxy) is 2. The summed E-state index contributed by atoms with van der Waals surface area (Å²) >= 11 is 0. The van der Waals surface area contributed by atoms with Crippen LogP contribution in [0.1, 0.15) is 19.8 Å². The fourth-order valence-corrected chi connectivity index (χ4v) is 4.81. The summed E-state index contributed by atoms with van der Waals surface area (Å²) in [5, 5.41) is 2.61. The van der Waals surface area contributed by atoms with E-state index in [9.17, 15) is 14.4 Å². The van der Waals surface area contributed by atoms with Crippen molar-refractivity contribution in [3.05, 3.63) is 35.4 Å². The fourth-order valence-electron chi connectivity index (χ4n) is 4.81. The van der Waals surface area contributed by atoms with E-state index in [1.807, 2.05) is 4.90 Å². The predicted octanol–water partition coefficient (Wildman–Crippen LogP) is 1.65. The number of hydrogen-bond donors (Lipinski definition) is 1. The first-order valence-corrected chi connectivity index (χ1v) is 11.9. The molecule has 3 fully saturated rings. The molecule has 1 aromatic rings. The molecule has 0 radical (unpaired) electrons. The largest absolute Gasteiger partial charge is 0.442 e. The van der Waals surface area contributed by atoms with E-state index in [1.165, 1.54) is 17.9 Å². The van der Waals surface area contributed by atoms with Crippen molar-refractivity contribution in [1.29, 1.82) is 0 Å². The Morgan fingerprint density at radius 3 is 2.57 bits per heavy atom. The first-order valence-electron chi connectivity index (χ1n) is 11.9. The second-order valence-corrected chi connectivity index (χ2v) is 9.03. The summed E-state index contributed by atoms with van der Waals surface area (Å²) in [7, 11) is 0. The minimum Gasteiger partial charge on any atom is -0.442 e. The van der Waals surface area contributed by atoms with Gasteiger partial charge >= 0.3 is 18.0 Å². The Balaban J connectivity index is 1.35. The number of nitrogens with zero attached hydrogens (tertiary/aromatic N) is 4. The molecule has 2 atom stereocenters. The predicted molar refractivity (Wildman–Crippen MR) is 125 cm³/mol. The number of anilines is 2. The van der Waals surface area contributed by atoms with Gasteiger partial charge in [-0.15, -0.1) is 0 Å². The molecule has 3 amide bonds. The van der Waals surface area contributed by atoms with Crippen molar-refractivity contribution in [1.82, 2.24) is 10.2 Å². The third kappa shape index (κ3) is 5.65. The lowest BCUT2D eigenvalue weighted by Crippen LogP contribution is -2.48. The molecule has 10 nitrogen and oxygen atoms in total. The van der Waals surface area contributed by atoms with Crippen molar-refractivity contribution in [2.45, 2.75) is 31.9 Å². The Bertz CT molecular complexity index is 1000.